The molecule has 13 rings (SSSR count). The van der Waals surface area contributed by atoms with Crippen LogP contribution in [0.2, 0.25) is 0 Å². The molecule has 0 spiro atoms. The number of aryl methyl sites for hydroxylation is 1. The number of nitrogens with zero attached hydrogens (tertiary/aromatic N) is 1. The van der Waals surface area contributed by atoms with E-state index in [1.807, 2.05) is 0 Å². The van der Waals surface area contributed by atoms with Crippen molar-refractivity contribution in [2.75, 3.05) is 0 Å². The summed E-state index contributed by atoms with van der Waals surface area (Å²) in [6.07, 6.45) is 15.5. The zero-order valence-electron chi connectivity index (χ0n) is 38.4. The Morgan fingerprint density at radius 1 is 0.452 bits per heavy atom. The minimum atomic E-state index is -0.0711. The van der Waals surface area contributed by atoms with Gasteiger partial charge in [0.15, 0.2) is 0 Å². The van der Waals surface area contributed by atoms with E-state index in [1.54, 1.807) is 0 Å². The second-order valence-corrected chi connectivity index (χ2v) is 23.7. The van der Waals surface area contributed by atoms with Crippen LogP contribution in [-0.2, 0) is 47.9 Å². The third kappa shape index (κ3) is 7.11. The molecule has 320 valence electrons. The summed E-state index contributed by atoms with van der Waals surface area (Å²) in [5, 5.41) is 25.3. The summed E-state index contributed by atoms with van der Waals surface area (Å²) >= 11 is 0. The van der Waals surface area contributed by atoms with E-state index in [9.17, 15) is 10.2 Å². The Balaban J connectivity index is 0.00000458. The molecule has 8 saturated carbocycles. The predicted molar refractivity (Wildman–Crippen MR) is 251 cm³/mol. The van der Waals surface area contributed by atoms with Gasteiger partial charge in [-0.15, -0.1) is 0 Å². The van der Waals surface area contributed by atoms with Crippen LogP contribution in [0.3, 0.4) is 0 Å². The number of hydrogen-bond donors (Lipinski definition) is 2. The molecule has 8 aliphatic carbocycles. The molecule has 3 nitrogen and oxygen atoms in total. The third-order valence-electron chi connectivity index (χ3n) is 17.1. The molecule has 0 radical (unpaired) electrons. The molecular formula is C58H67NO2Zr. The van der Waals surface area contributed by atoms with Crippen molar-refractivity contribution in [2.24, 2.45) is 35.5 Å². The summed E-state index contributed by atoms with van der Waals surface area (Å²) in [6, 6.07) is 31.0. The second kappa shape index (κ2) is 15.0. The van der Waals surface area contributed by atoms with Crippen molar-refractivity contribution in [3.05, 3.63) is 113 Å². The molecule has 0 unspecified atom stereocenters. The average molecular weight is 901 g/mol. The Kier molecular flexibility index (Phi) is 10.3. The van der Waals surface area contributed by atoms with E-state index in [0.717, 1.165) is 85.8 Å². The Morgan fingerprint density at radius 3 is 1.06 bits per heavy atom. The van der Waals surface area contributed by atoms with Gasteiger partial charge in [-0.25, -0.2) is 4.98 Å². The molecule has 8 fully saturated rings. The maximum Gasteiger partial charge on any atom is 0.127 e. The molecule has 8 bridgehead atoms. The van der Waals surface area contributed by atoms with Gasteiger partial charge in [0.05, 0.1) is 11.4 Å². The van der Waals surface area contributed by atoms with Crippen molar-refractivity contribution in [3.63, 3.8) is 0 Å². The zero-order chi connectivity index (χ0) is 42.2. The van der Waals surface area contributed by atoms with Crippen molar-refractivity contribution < 1.29 is 36.4 Å². The zero-order valence-corrected chi connectivity index (χ0v) is 40.8. The molecule has 4 heteroatoms. The first-order valence-corrected chi connectivity index (χ1v) is 24.0. The van der Waals surface area contributed by atoms with Gasteiger partial charge in [-0.2, -0.15) is 0 Å². The molecule has 8 aliphatic rings. The summed E-state index contributed by atoms with van der Waals surface area (Å²) in [6.45, 7) is 16.0. The fourth-order valence-corrected chi connectivity index (χ4v) is 15.1. The number of rotatable bonds is 6. The Morgan fingerprint density at radius 2 is 0.758 bits per heavy atom. The van der Waals surface area contributed by atoms with Crippen LogP contribution in [0.15, 0.2) is 84.9 Å². The molecule has 0 atom stereocenters. The number of phenolic OH excluding ortho intramolecular Hbond substituents is 2. The van der Waals surface area contributed by atoms with Crippen LogP contribution in [-0.4, -0.2) is 15.2 Å². The van der Waals surface area contributed by atoms with Crippen molar-refractivity contribution in [1.82, 2.24) is 4.98 Å². The molecular weight excluding hydrogens is 834 g/mol. The summed E-state index contributed by atoms with van der Waals surface area (Å²) in [4.78, 5) is 5.54. The molecule has 62 heavy (non-hydrogen) atoms. The summed E-state index contributed by atoms with van der Waals surface area (Å²) in [7, 11) is 0. The van der Waals surface area contributed by atoms with Crippen molar-refractivity contribution in [3.8, 4) is 56.3 Å². The van der Waals surface area contributed by atoms with Crippen LogP contribution in [0.4, 0.5) is 0 Å². The Labute approximate surface area is 390 Å². The topological polar surface area (TPSA) is 53.4 Å². The predicted octanol–water partition coefficient (Wildman–Crippen LogP) is 15.0. The van der Waals surface area contributed by atoms with Gasteiger partial charge in [-0.3, -0.25) is 0 Å². The van der Waals surface area contributed by atoms with E-state index in [-0.39, 0.29) is 47.9 Å². The van der Waals surface area contributed by atoms with Gasteiger partial charge in [0.25, 0.3) is 0 Å². The molecule has 0 aliphatic heterocycles. The van der Waals surface area contributed by atoms with Gasteiger partial charge in [-0.1, -0.05) is 102 Å². The van der Waals surface area contributed by atoms with E-state index in [0.29, 0.717) is 11.5 Å². The summed E-state index contributed by atoms with van der Waals surface area (Å²) in [5.41, 5.74) is 13.9. The minimum absolute atomic E-state index is 0. The van der Waals surface area contributed by atoms with E-state index < -0.39 is 0 Å². The largest absolute Gasteiger partial charge is 0.507 e. The average Bonchev–Trinajstić information content (AvgIpc) is 3.19. The SMILES string of the molecule is Cc1cc(-c2ccccc2-c2cc(C(C)(C)C)cc(C34CC5CC(CC(C5)C3)C4)c2O)nc(-c2ccccc2-c2cc(C(C)(C)C)cc(C34CC5CC(CC(C5)C3)C4)c2O)c1.[Zr]. The van der Waals surface area contributed by atoms with E-state index in [1.165, 1.54) is 99.3 Å². The quantitative estimate of drug-likeness (QED) is 0.179. The number of phenols is 2. The first kappa shape index (κ1) is 42.5. The van der Waals surface area contributed by atoms with Gasteiger partial charge in [-0.05, 0) is 193 Å². The van der Waals surface area contributed by atoms with E-state index in [4.69, 9.17) is 4.98 Å². The van der Waals surface area contributed by atoms with Crippen molar-refractivity contribution >= 4 is 0 Å². The fraction of sp³-hybridized carbons (Fsp3) is 0.500. The van der Waals surface area contributed by atoms with Crippen LogP contribution in [0.5, 0.6) is 11.5 Å². The number of hydrogen-bond acceptors (Lipinski definition) is 3. The van der Waals surface area contributed by atoms with Crippen molar-refractivity contribution in [2.45, 2.75) is 147 Å². The number of aromatic nitrogens is 1. The normalized spacial score (nSPS) is 29.5. The van der Waals surface area contributed by atoms with Gasteiger partial charge in [0.1, 0.15) is 11.5 Å². The van der Waals surface area contributed by atoms with Crippen molar-refractivity contribution in [1.29, 1.82) is 0 Å². The third-order valence-corrected chi connectivity index (χ3v) is 17.1. The van der Waals surface area contributed by atoms with Crippen LogP contribution in [0.1, 0.15) is 146 Å². The fourth-order valence-electron chi connectivity index (χ4n) is 15.1. The van der Waals surface area contributed by atoms with Crippen LogP contribution in [0.25, 0.3) is 44.8 Å². The van der Waals surface area contributed by atoms with E-state index >= 15 is 0 Å². The maximum atomic E-state index is 12.7. The second-order valence-electron chi connectivity index (χ2n) is 23.7. The Bertz CT molecular complexity index is 2320. The molecule has 4 aromatic carbocycles. The maximum absolute atomic E-state index is 12.7. The smallest absolute Gasteiger partial charge is 0.127 e. The summed E-state index contributed by atoms with van der Waals surface area (Å²) in [5.74, 6) is 5.70. The van der Waals surface area contributed by atoms with Gasteiger partial charge in [0, 0.05) is 59.6 Å². The van der Waals surface area contributed by atoms with Gasteiger partial charge < -0.3 is 10.2 Å². The molecule has 0 amide bonds. The van der Waals surface area contributed by atoms with Crippen LogP contribution < -0.4 is 0 Å². The standard InChI is InChI=1S/C58H67NO2.Zr/c1-34-16-51(45-14-10-8-12-43(45)47-24-41(55(2,3)4)26-49(53(47)60)57-28-35-18-36(29-57)20-37(19-35)30-57)59-52(17-34)46-15-11-9-13-44(46)48-25-42(56(5,6)7)27-50(54(48)61)58-31-38-21-39(32-58)23-40(22-38)33-58;/h8-17,24-27,35-40,60-61H,18-23,28-33H2,1-7H3;. The van der Waals surface area contributed by atoms with Gasteiger partial charge >= 0.3 is 0 Å². The van der Waals surface area contributed by atoms with Gasteiger partial charge in [0.2, 0.25) is 0 Å². The molecule has 0 saturated heterocycles. The van der Waals surface area contributed by atoms with E-state index in [2.05, 4.69) is 133 Å². The monoisotopic (exact) mass is 899 g/mol. The Hall–Kier alpha value is -3.49. The van der Waals surface area contributed by atoms with Crippen LogP contribution >= 0.6 is 0 Å². The number of benzene rings is 4. The minimum Gasteiger partial charge on any atom is -0.507 e. The first-order chi connectivity index (χ1) is 29.0. The molecule has 2 N–H and O–H groups in total. The van der Waals surface area contributed by atoms with Crippen LogP contribution in [0, 0.1) is 42.4 Å². The molecule has 1 aromatic heterocycles. The summed E-state index contributed by atoms with van der Waals surface area (Å²) < 4.78 is 0. The number of pyridine rings is 1. The first-order valence-electron chi connectivity index (χ1n) is 24.0. The number of aromatic hydroxyl groups is 2. The molecule has 5 aromatic rings. The molecule has 1 heterocycles.